The number of nitrogens with zero attached hydrogens (tertiary/aromatic N) is 4. The zero-order chi connectivity index (χ0) is 20.1. The first kappa shape index (κ1) is 19.3. The van der Waals surface area contributed by atoms with Crippen LogP contribution in [0, 0.1) is 0 Å². The average Bonchev–Trinajstić information content (AvgIpc) is 3.36. The second kappa shape index (κ2) is 8.96. The molecule has 0 aliphatic carbocycles. The molecule has 2 unspecified atom stereocenters. The molecule has 4 rings (SSSR count). The van der Waals surface area contributed by atoms with E-state index in [1.54, 1.807) is 28.9 Å². The van der Waals surface area contributed by atoms with Gasteiger partial charge in [0.25, 0.3) is 0 Å². The fourth-order valence-corrected chi connectivity index (χ4v) is 4.45. The van der Waals surface area contributed by atoms with Crippen molar-refractivity contribution in [3.05, 3.63) is 95.4 Å². The summed E-state index contributed by atoms with van der Waals surface area (Å²) in [6.45, 7) is 1.13. The minimum atomic E-state index is -1.02. The van der Waals surface area contributed by atoms with E-state index in [2.05, 4.69) is 22.2 Å². The van der Waals surface area contributed by atoms with Crippen LogP contribution >= 0.6 is 0 Å². The van der Waals surface area contributed by atoms with Crippen LogP contribution in [-0.2, 0) is 35.1 Å². The summed E-state index contributed by atoms with van der Waals surface area (Å²) in [6.07, 6.45) is 9.22. The highest BCUT2D eigenvalue weighted by molar-refractivity contribution is 7.88. The fourth-order valence-electron chi connectivity index (χ4n) is 3.36. The van der Waals surface area contributed by atoms with Crippen molar-refractivity contribution < 1.29 is 9.00 Å². The van der Waals surface area contributed by atoms with E-state index < -0.39 is 10.8 Å². The van der Waals surface area contributed by atoms with Gasteiger partial charge in [-0.25, -0.2) is 0 Å². The van der Waals surface area contributed by atoms with Crippen molar-refractivity contribution in [3.63, 3.8) is 0 Å². The Bertz CT molecular complexity index is 1020. The molecule has 6 nitrogen and oxygen atoms in total. The predicted octanol–water partition coefficient (Wildman–Crippen LogP) is 2.54. The molecule has 1 aliphatic heterocycles. The van der Waals surface area contributed by atoms with Crippen molar-refractivity contribution >= 4 is 16.7 Å². The smallest absolute Gasteiger partial charge is 0.227 e. The van der Waals surface area contributed by atoms with E-state index in [0.717, 1.165) is 16.7 Å². The Balaban J connectivity index is 1.46. The number of amides is 1. The lowest BCUT2D eigenvalue weighted by molar-refractivity contribution is -0.132. The maximum Gasteiger partial charge on any atom is 0.227 e. The van der Waals surface area contributed by atoms with Gasteiger partial charge < -0.3 is 4.90 Å². The summed E-state index contributed by atoms with van der Waals surface area (Å²) in [4.78, 5) is 19.0. The van der Waals surface area contributed by atoms with Crippen LogP contribution in [-0.4, -0.2) is 41.6 Å². The first-order chi connectivity index (χ1) is 14.2. The van der Waals surface area contributed by atoms with Gasteiger partial charge in [0.15, 0.2) is 0 Å². The molecule has 7 heteroatoms. The van der Waals surface area contributed by atoms with Gasteiger partial charge in [0, 0.05) is 41.3 Å². The second-order valence-electron chi connectivity index (χ2n) is 7.03. The Morgan fingerprint density at radius 1 is 1.10 bits per heavy atom. The summed E-state index contributed by atoms with van der Waals surface area (Å²) in [5, 5.41) is 6.07. The highest BCUT2D eigenvalue weighted by Gasteiger charge is 2.27. The van der Waals surface area contributed by atoms with Gasteiger partial charge in [0.2, 0.25) is 5.91 Å². The maximum absolute atomic E-state index is 13.1. The quantitative estimate of drug-likeness (QED) is 0.605. The van der Waals surface area contributed by atoms with E-state index in [-0.39, 0.29) is 18.4 Å². The normalized spacial score (nSPS) is 18.1. The van der Waals surface area contributed by atoms with Crippen LogP contribution in [0.5, 0.6) is 0 Å². The molecule has 1 amide bonds. The largest absolute Gasteiger partial charge is 0.331 e. The third kappa shape index (κ3) is 5.06. The van der Waals surface area contributed by atoms with Crippen LogP contribution in [0.1, 0.15) is 16.7 Å². The molecule has 0 N–H and O–H groups in total. The Kier molecular flexibility index (Phi) is 5.95. The number of carbonyl (C=O) groups excluding carboxylic acids is 1. The van der Waals surface area contributed by atoms with Gasteiger partial charge in [-0.15, -0.1) is 0 Å². The summed E-state index contributed by atoms with van der Waals surface area (Å²) in [5.41, 5.74) is 3.03. The topological polar surface area (TPSA) is 68.1 Å². The van der Waals surface area contributed by atoms with Crippen LogP contribution in [0.2, 0.25) is 0 Å². The molecule has 3 aromatic rings. The van der Waals surface area contributed by atoms with E-state index >= 15 is 0 Å². The third-order valence-electron chi connectivity index (χ3n) is 4.84. The van der Waals surface area contributed by atoms with Crippen molar-refractivity contribution in [2.45, 2.75) is 25.6 Å². The van der Waals surface area contributed by atoms with Crippen LogP contribution in [0.15, 0.2) is 78.7 Å². The molecule has 1 aliphatic rings. The Labute approximate surface area is 172 Å². The first-order valence-corrected chi connectivity index (χ1v) is 10.8. The number of hydrogen-bond acceptors (Lipinski definition) is 4. The summed E-state index contributed by atoms with van der Waals surface area (Å²) >= 11 is 0. The number of carbonyl (C=O) groups is 1. The van der Waals surface area contributed by atoms with E-state index in [0.29, 0.717) is 18.8 Å². The molecule has 2 aromatic heterocycles. The highest BCUT2D eigenvalue weighted by Crippen LogP contribution is 2.17. The Morgan fingerprint density at radius 3 is 2.62 bits per heavy atom. The summed E-state index contributed by atoms with van der Waals surface area (Å²) in [6, 6.07) is 13.7. The molecule has 0 bridgehead atoms. The summed E-state index contributed by atoms with van der Waals surface area (Å²) in [5.74, 6) is 0.444. The van der Waals surface area contributed by atoms with Gasteiger partial charge in [0.05, 0.1) is 31.0 Å². The Hall–Kier alpha value is -3.06. The maximum atomic E-state index is 13.1. The average molecular weight is 407 g/mol. The zero-order valence-electron chi connectivity index (χ0n) is 15.9. The van der Waals surface area contributed by atoms with Gasteiger partial charge >= 0.3 is 0 Å². The monoisotopic (exact) mass is 406 g/mol. The second-order valence-corrected chi connectivity index (χ2v) is 8.40. The molecule has 148 valence electrons. The lowest BCUT2D eigenvalue weighted by atomic mass is 10.1. The van der Waals surface area contributed by atoms with Crippen LogP contribution in [0.3, 0.4) is 0 Å². The van der Waals surface area contributed by atoms with Crippen molar-refractivity contribution in [1.29, 1.82) is 0 Å². The molecule has 3 heterocycles. The van der Waals surface area contributed by atoms with Crippen LogP contribution < -0.4 is 0 Å². The molecular formula is C22H22N4O2S. The van der Waals surface area contributed by atoms with Crippen molar-refractivity contribution in [2.24, 2.45) is 0 Å². The van der Waals surface area contributed by atoms with Crippen molar-refractivity contribution in [1.82, 2.24) is 19.7 Å². The van der Waals surface area contributed by atoms with Crippen molar-refractivity contribution in [3.8, 4) is 0 Å². The van der Waals surface area contributed by atoms with Gasteiger partial charge in [0.1, 0.15) is 0 Å². The lowest BCUT2D eigenvalue weighted by Gasteiger charge is -2.27. The molecule has 0 saturated heterocycles. The van der Waals surface area contributed by atoms with E-state index in [4.69, 9.17) is 0 Å². The Morgan fingerprint density at radius 2 is 1.90 bits per heavy atom. The van der Waals surface area contributed by atoms with Gasteiger partial charge in [-0.1, -0.05) is 36.4 Å². The molecule has 0 saturated carbocycles. The summed E-state index contributed by atoms with van der Waals surface area (Å²) < 4.78 is 13.7. The number of pyridine rings is 1. The molecule has 0 spiro atoms. The van der Waals surface area contributed by atoms with E-state index in [1.165, 1.54) is 0 Å². The van der Waals surface area contributed by atoms with Crippen LogP contribution in [0.25, 0.3) is 0 Å². The van der Waals surface area contributed by atoms with Crippen molar-refractivity contribution in [2.75, 3.05) is 5.75 Å². The van der Waals surface area contributed by atoms with Gasteiger partial charge in [-0.2, -0.15) is 5.10 Å². The number of hydrogen-bond donors (Lipinski definition) is 0. The lowest BCUT2D eigenvalue weighted by Crippen LogP contribution is -2.40. The van der Waals surface area contributed by atoms with Crippen LogP contribution in [0.4, 0.5) is 0 Å². The number of aromatic nitrogens is 3. The van der Waals surface area contributed by atoms with E-state index in [9.17, 15) is 9.00 Å². The molecule has 0 fully saturated rings. The van der Waals surface area contributed by atoms with Gasteiger partial charge in [-0.3, -0.25) is 18.7 Å². The highest BCUT2D eigenvalue weighted by atomic mass is 32.2. The van der Waals surface area contributed by atoms with E-state index in [1.807, 2.05) is 47.3 Å². The minimum absolute atomic E-state index is 0.00498. The third-order valence-corrected chi connectivity index (χ3v) is 5.97. The SMILES string of the molecule is O=C(Cc1cnn(Cc2ccccc2)c1)N(Cc1ccncc1)C1C=CS(=O)C1. The standard InChI is InChI=1S/C22H22N4O2S/c27-22(12-20-13-24-25(15-20)14-18-4-2-1-3-5-18)26(21-8-11-29(28)17-21)16-19-6-9-23-10-7-19/h1-11,13,15,21H,12,14,16-17H2. The molecule has 29 heavy (non-hydrogen) atoms. The first-order valence-electron chi connectivity index (χ1n) is 9.46. The fraction of sp³-hybridized carbons (Fsp3) is 0.227. The number of rotatable bonds is 7. The molecule has 1 aromatic carbocycles. The molecular weight excluding hydrogens is 384 g/mol. The summed E-state index contributed by atoms with van der Waals surface area (Å²) in [7, 11) is -1.02. The molecule has 2 atom stereocenters. The zero-order valence-corrected chi connectivity index (χ0v) is 16.7. The number of benzene rings is 1. The van der Waals surface area contributed by atoms with Gasteiger partial charge in [-0.05, 0) is 28.8 Å². The predicted molar refractivity (Wildman–Crippen MR) is 112 cm³/mol. The molecule has 0 radical (unpaired) electrons. The minimum Gasteiger partial charge on any atom is -0.331 e.